The van der Waals surface area contributed by atoms with Gasteiger partial charge in [0, 0.05) is 19.5 Å². The van der Waals surface area contributed by atoms with Crippen LogP contribution in [-0.2, 0) is 4.79 Å². The smallest absolute Gasteiger partial charge is 0.217 e. The van der Waals surface area contributed by atoms with Gasteiger partial charge in [0.15, 0.2) is 0 Å². The van der Waals surface area contributed by atoms with Crippen LogP contribution in [-0.4, -0.2) is 36.5 Å². The molecule has 0 radical (unpaired) electrons. The van der Waals surface area contributed by atoms with Crippen LogP contribution in [0, 0.1) is 0 Å². The van der Waals surface area contributed by atoms with E-state index in [2.05, 4.69) is 17.1 Å². The Hall–Kier alpha value is -0.570. The molecule has 1 saturated heterocycles. The van der Waals surface area contributed by atoms with Gasteiger partial charge in [-0.05, 0) is 25.9 Å². The molecule has 0 aromatic rings. The van der Waals surface area contributed by atoms with Gasteiger partial charge in [0.25, 0.3) is 0 Å². The van der Waals surface area contributed by atoms with Crippen molar-refractivity contribution < 1.29 is 4.79 Å². The van der Waals surface area contributed by atoms with Crippen molar-refractivity contribution in [3.05, 3.63) is 0 Å². The third-order valence-electron chi connectivity index (χ3n) is 2.36. The van der Waals surface area contributed by atoms with Gasteiger partial charge in [-0.15, -0.1) is 0 Å². The monoisotopic (exact) mass is 200 g/mol. The lowest BCUT2D eigenvalue weighted by Gasteiger charge is -2.31. The number of carbonyl (C=O) groups excluding carboxylic acids is 1. The fourth-order valence-electron chi connectivity index (χ4n) is 1.75. The first-order valence-corrected chi connectivity index (χ1v) is 5.72. The fourth-order valence-corrected chi connectivity index (χ4v) is 1.75. The van der Waals surface area contributed by atoms with E-state index in [1.807, 2.05) is 13.8 Å². The quantitative estimate of drug-likeness (QED) is 0.735. The van der Waals surface area contributed by atoms with Gasteiger partial charge in [0.05, 0.1) is 0 Å². The van der Waals surface area contributed by atoms with E-state index in [-0.39, 0.29) is 5.91 Å². The number of rotatable bonds is 2. The molecule has 1 heterocycles. The topological polar surface area (TPSA) is 32.3 Å². The number of carbonyl (C=O) groups is 1. The minimum absolute atomic E-state index is 0.0953. The van der Waals surface area contributed by atoms with Crippen molar-refractivity contribution in [1.29, 1.82) is 0 Å². The normalized spacial score (nSPS) is 22.1. The van der Waals surface area contributed by atoms with Crippen molar-refractivity contribution >= 4 is 5.91 Å². The van der Waals surface area contributed by atoms with E-state index in [9.17, 15) is 4.79 Å². The highest BCUT2D eigenvalue weighted by Crippen LogP contribution is 2.08. The van der Waals surface area contributed by atoms with Crippen LogP contribution < -0.4 is 5.32 Å². The molecule has 0 saturated carbocycles. The second-order valence-electron chi connectivity index (χ2n) is 3.43. The summed E-state index contributed by atoms with van der Waals surface area (Å²) in [5.41, 5.74) is 0. The Kier molecular flexibility index (Phi) is 7.48. The average Bonchev–Trinajstić information content (AvgIpc) is 2.20. The maximum absolute atomic E-state index is 10.8. The molecule has 1 atom stereocenters. The van der Waals surface area contributed by atoms with Crippen molar-refractivity contribution in [2.24, 2.45) is 0 Å². The highest BCUT2D eigenvalue weighted by atomic mass is 16.1. The second kappa shape index (κ2) is 7.80. The number of hydrogen-bond acceptors (Lipinski definition) is 2. The van der Waals surface area contributed by atoms with Crippen molar-refractivity contribution in [2.75, 3.05) is 19.6 Å². The molecule has 0 bridgehead atoms. The molecule has 14 heavy (non-hydrogen) atoms. The summed E-state index contributed by atoms with van der Waals surface area (Å²) in [6, 6.07) is 0.385. The summed E-state index contributed by atoms with van der Waals surface area (Å²) >= 11 is 0. The predicted octanol–water partition coefficient (Wildman–Crippen LogP) is 1.63. The molecular weight excluding hydrogens is 176 g/mol. The van der Waals surface area contributed by atoms with Crippen LogP contribution >= 0.6 is 0 Å². The third kappa shape index (κ3) is 5.22. The van der Waals surface area contributed by atoms with E-state index >= 15 is 0 Å². The van der Waals surface area contributed by atoms with Crippen LogP contribution in [0.4, 0.5) is 0 Å². The Bertz CT molecular complexity index is 159. The zero-order valence-corrected chi connectivity index (χ0v) is 9.97. The second-order valence-corrected chi connectivity index (χ2v) is 3.43. The third-order valence-corrected chi connectivity index (χ3v) is 2.36. The molecule has 0 aliphatic carbocycles. The number of nitrogens with one attached hydrogen (secondary N) is 1. The van der Waals surface area contributed by atoms with Crippen LogP contribution in [0.3, 0.4) is 0 Å². The largest absolute Gasteiger partial charge is 0.352 e. The summed E-state index contributed by atoms with van der Waals surface area (Å²) in [5.74, 6) is 0.0953. The molecule has 1 fully saturated rings. The lowest BCUT2D eigenvalue weighted by atomic mass is 10.1. The molecular formula is C11H24N2O. The number of nitrogens with zero attached hydrogens (tertiary/aromatic N) is 1. The molecule has 0 aromatic carbocycles. The highest BCUT2D eigenvalue weighted by molar-refractivity contribution is 5.73. The Morgan fingerprint density at radius 3 is 2.64 bits per heavy atom. The number of piperidine rings is 1. The maximum atomic E-state index is 10.8. The minimum atomic E-state index is 0.0953. The number of amides is 1. The van der Waals surface area contributed by atoms with Crippen molar-refractivity contribution in [3.63, 3.8) is 0 Å². The zero-order chi connectivity index (χ0) is 11.0. The van der Waals surface area contributed by atoms with Crippen LogP contribution in [0.2, 0.25) is 0 Å². The summed E-state index contributed by atoms with van der Waals surface area (Å²) in [5, 5.41) is 2.97. The first-order valence-electron chi connectivity index (χ1n) is 5.72. The van der Waals surface area contributed by atoms with Gasteiger partial charge in [-0.25, -0.2) is 0 Å². The van der Waals surface area contributed by atoms with Crippen LogP contribution in [0.1, 0.15) is 40.5 Å². The molecule has 1 aliphatic heterocycles. The van der Waals surface area contributed by atoms with Crippen LogP contribution in [0.15, 0.2) is 0 Å². The Balaban J connectivity index is 0.000000791. The summed E-state index contributed by atoms with van der Waals surface area (Å²) < 4.78 is 0. The molecule has 3 nitrogen and oxygen atoms in total. The molecule has 0 spiro atoms. The van der Waals surface area contributed by atoms with Gasteiger partial charge in [-0.1, -0.05) is 20.8 Å². The molecule has 1 unspecified atom stereocenters. The minimum Gasteiger partial charge on any atom is -0.352 e. The summed E-state index contributed by atoms with van der Waals surface area (Å²) in [4.78, 5) is 13.2. The van der Waals surface area contributed by atoms with Gasteiger partial charge in [-0.3, -0.25) is 4.79 Å². The van der Waals surface area contributed by atoms with E-state index < -0.39 is 0 Å². The van der Waals surface area contributed by atoms with E-state index in [0.717, 1.165) is 19.5 Å². The first-order chi connectivity index (χ1) is 6.72. The van der Waals surface area contributed by atoms with Crippen molar-refractivity contribution in [3.8, 4) is 0 Å². The van der Waals surface area contributed by atoms with Crippen LogP contribution in [0.25, 0.3) is 0 Å². The standard InChI is InChI=1S/C9H18N2O.C2H6/c1-3-11-6-4-5-9(7-11)10-8(2)12;1-2/h9H,3-7H2,1-2H3,(H,10,12);1-2H3. The summed E-state index contributed by atoms with van der Waals surface area (Å²) in [6.45, 7) is 11.1. The Morgan fingerprint density at radius 1 is 1.50 bits per heavy atom. The summed E-state index contributed by atoms with van der Waals surface area (Å²) in [6.07, 6.45) is 2.34. The van der Waals surface area contributed by atoms with Crippen LogP contribution in [0.5, 0.6) is 0 Å². The lowest BCUT2D eigenvalue weighted by molar-refractivity contribution is -0.120. The van der Waals surface area contributed by atoms with Crippen molar-refractivity contribution in [2.45, 2.75) is 46.6 Å². The highest BCUT2D eigenvalue weighted by Gasteiger charge is 2.18. The van der Waals surface area contributed by atoms with E-state index in [4.69, 9.17) is 0 Å². The molecule has 0 aromatic heterocycles. The van der Waals surface area contributed by atoms with Gasteiger partial charge in [0.1, 0.15) is 0 Å². The van der Waals surface area contributed by atoms with Gasteiger partial charge >= 0.3 is 0 Å². The number of hydrogen-bond donors (Lipinski definition) is 1. The van der Waals surface area contributed by atoms with E-state index in [0.29, 0.717) is 6.04 Å². The molecule has 84 valence electrons. The molecule has 1 N–H and O–H groups in total. The van der Waals surface area contributed by atoms with Gasteiger partial charge < -0.3 is 10.2 Å². The number of likely N-dealkylation sites (N-methyl/N-ethyl adjacent to an activating group) is 1. The van der Waals surface area contributed by atoms with Crippen molar-refractivity contribution in [1.82, 2.24) is 10.2 Å². The fraction of sp³-hybridized carbons (Fsp3) is 0.909. The first kappa shape index (κ1) is 13.4. The van der Waals surface area contributed by atoms with Gasteiger partial charge in [-0.2, -0.15) is 0 Å². The lowest BCUT2D eigenvalue weighted by Crippen LogP contribution is -2.46. The van der Waals surface area contributed by atoms with E-state index in [1.165, 1.54) is 13.0 Å². The average molecular weight is 200 g/mol. The SMILES string of the molecule is CC.CCN1CCCC(NC(C)=O)C1. The van der Waals surface area contributed by atoms with Gasteiger partial charge in [0.2, 0.25) is 5.91 Å². The Morgan fingerprint density at radius 2 is 2.14 bits per heavy atom. The molecule has 3 heteroatoms. The molecule has 1 rings (SSSR count). The van der Waals surface area contributed by atoms with E-state index in [1.54, 1.807) is 6.92 Å². The Labute approximate surface area is 87.9 Å². The summed E-state index contributed by atoms with van der Waals surface area (Å²) in [7, 11) is 0. The maximum Gasteiger partial charge on any atom is 0.217 e. The molecule has 1 amide bonds. The zero-order valence-electron chi connectivity index (χ0n) is 9.97. The molecule has 1 aliphatic rings. The predicted molar refractivity (Wildman–Crippen MR) is 60.3 cm³/mol. The number of likely N-dealkylation sites (tertiary alicyclic amines) is 1.